The number of halogens is 1. The zero-order chi connectivity index (χ0) is 13.8. The fraction of sp³-hybridized carbons (Fsp3) is 0.250. The quantitative estimate of drug-likeness (QED) is 0.904. The summed E-state index contributed by atoms with van der Waals surface area (Å²) in [6, 6.07) is 15.7. The van der Waals surface area contributed by atoms with Crippen LogP contribution in [0.15, 0.2) is 53.0 Å². The Morgan fingerprint density at radius 3 is 2.26 bits per heavy atom. The molecule has 3 heteroatoms. The fourth-order valence-electron chi connectivity index (χ4n) is 2.04. The van der Waals surface area contributed by atoms with Crippen molar-refractivity contribution < 1.29 is 5.11 Å². The van der Waals surface area contributed by atoms with E-state index in [9.17, 15) is 5.11 Å². The molecule has 0 heterocycles. The molecule has 0 bridgehead atoms. The Morgan fingerprint density at radius 2 is 1.63 bits per heavy atom. The van der Waals surface area contributed by atoms with Crippen molar-refractivity contribution >= 4 is 15.9 Å². The van der Waals surface area contributed by atoms with E-state index in [-0.39, 0.29) is 0 Å². The lowest BCUT2D eigenvalue weighted by molar-refractivity contribution is 0.220. The molecule has 0 aliphatic heterocycles. The van der Waals surface area contributed by atoms with Gasteiger partial charge in [-0.1, -0.05) is 59.3 Å². The van der Waals surface area contributed by atoms with Crippen LogP contribution in [0.4, 0.5) is 0 Å². The maximum Gasteiger partial charge on any atom is 0.104 e. The average molecular weight is 320 g/mol. The summed E-state index contributed by atoms with van der Waals surface area (Å²) in [6.07, 6.45) is -0.609. The highest BCUT2D eigenvalue weighted by Crippen LogP contribution is 2.26. The SMILES string of the molecule is CC(CN)c1cccc(C(O)c2cccc(Br)c2)c1. The van der Waals surface area contributed by atoms with E-state index in [4.69, 9.17) is 5.73 Å². The molecule has 2 rings (SSSR count). The van der Waals surface area contributed by atoms with Crippen LogP contribution in [-0.4, -0.2) is 11.7 Å². The van der Waals surface area contributed by atoms with Gasteiger partial charge in [0.1, 0.15) is 6.10 Å². The van der Waals surface area contributed by atoms with E-state index in [0.29, 0.717) is 12.5 Å². The molecule has 0 aromatic heterocycles. The highest BCUT2D eigenvalue weighted by molar-refractivity contribution is 9.10. The van der Waals surface area contributed by atoms with Crippen LogP contribution in [0.3, 0.4) is 0 Å². The number of rotatable bonds is 4. The molecule has 19 heavy (non-hydrogen) atoms. The maximum absolute atomic E-state index is 10.4. The van der Waals surface area contributed by atoms with Crippen molar-refractivity contribution in [2.75, 3.05) is 6.54 Å². The fourth-order valence-corrected chi connectivity index (χ4v) is 2.46. The van der Waals surface area contributed by atoms with Gasteiger partial charge in [0, 0.05) is 4.47 Å². The van der Waals surface area contributed by atoms with Crippen molar-refractivity contribution in [2.45, 2.75) is 18.9 Å². The number of nitrogens with two attached hydrogens (primary N) is 1. The van der Waals surface area contributed by atoms with Gasteiger partial charge in [-0.15, -0.1) is 0 Å². The zero-order valence-electron chi connectivity index (χ0n) is 10.9. The maximum atomic E-state index is 10.4. The van der Waals surface area contributed by atoms with Crippen LogP contribution in [0, 0.1) is 0 Å². The number of hydrogen-bond acceptors (Lipinski definition) is 2. The molecule has 100 valence electrons. The smallest absolute Gasteiger partial charge is 0.104 e. The topological polar surface area (TPSA) is 46.2 Å². The first-order valence-corrected chi connectivity index (χ1v) is 7.14. The van der Waals surface area contributed by atoms with Crippen molar-refractivity contribution in [1.29, 1.82) is 0 Å². The summed E-state index contributed by atoms with van der Waals surface area (Å²) in [5, 5.41) is 10.4. The second-order valence-electron chi connectivity index (χ2n) is 4.76. The van der Waals surface area contributed by atoms with Crippen molar-refractivity contribution in [1.82, 2.24) is 0 Å². The molecule has 0 spiro atoms. The molecule has 0 saturated carbocycles. The third kappa shape index (κ3) is 3.44. The molecule has 0 saturated heterocycles. The van der Waals surface area contributed by atoms with Crippen LogP contribution in [0.5, 0.6) is 0 Å². The van der Waals surface area contributed by atoms with E-state index in [1.807, 2.05) is 42.5 Å². The number of aliphatic hydroxyl groups excluding tert-OH is 1. The molecule has 2 atom stereocenters. The minimum Gasteiger partial charge on any atom is -0.384 e. The molecule has 0 aliphatic carbocycles. The zero-order valence-corrected chi connectivity index (χ0v) is 12.5. The molecule has 2 aromatic rings. The summed E-state index contributed by atoms with van der Waals surface area (Å²) < 4.78 is 0.968. The number of benzene rings is 2. The molecule has 2 aromatic carbocycles. The molecular formula is C16H18BrNO. The minimum absolute atomic E-state index is 0.301. The highest BCUT2D eigenvalue weighted by atomic mass is 79.9. The third-order valence-electron chi connectivity index (χ3n) is 3.31. The summed E-state index contributed by atoms with van der Waals surface area (Å²) >= 11 is 3.42. The van der Waals surface area contributed by atoms with Crippen molar-refractivity contribution in [3.05, 3.63) is 69.7 Å². The van der Waals surface area contributed by atoms with Gasteiger partial charge < -0.3 is 10.8 Å². The van der Waals surface area contributed by atoms with Crippen molar-refractivity contribution in [3.63, 3.8) is 0 Å². The highest BCUT2D eigenvalue weighted by Gasteiger charge is 2.12. The lowest BCUT2D eigenvalue weighted by atomic mass is 9.95. The van der Waals surface area contributed by atoms with Crippen LogP contribution in [0.25, 0.3) is 0 Å². The Labute approximate surface area is 122 Å². The third-order valence-corrected chi connectivity index (χ3v) is 3.81. The first-order chi connectivity index (χ1) is 9.11. The van der Waals surface area contributed by atoms with Gasteiger partial charge in [0.25, 0.3) is 0 Å². The van der Waals surface area contributed by atoms with E-state index < -0.39 is 6.10 Å². The lowest BCUT2D eigenvalue weighted by Crippen LogP contribution is -2.09. The Morgan fingerprint density at radius 1 is 1.05 bits per heavy atom. The number of hydrogen-bond donors (Lipinski definition) is 2. The summed E-state index contributed by atoms with van der Waals surface area (Å²) in [5.41, 5.74) is 8.63. The second kappa shape index (κ2) is 6.33. The van der Waals surface area contributed by atoms with Gasteiger partial charge in [0.05, 0.1) is 0 Å². The summed E-state index contributed by atoms with van der Waals surface area (Å²) in [5.74, 6) is 0.301. The summed E-state index contributed by atoms with van der Waals surface area (Å²) in [4.78, 5) is 0. The lowest BCUT2D eigenvalue weighted by Gasteiger charge is -2.15. The van der Waals surface area contributed by atoms with Crippen LogP contribution >= 0.6 is 15.9 Å². The van der Waals surface area contributed by atoms with Crippen LogP contribution in [0.2, 0.25) is 0 Å². The monoisotopic (exact) mass is 319 g/mol. The van der Waals surface area contributed by atoms with Gasteiger partial charge in [-0.25, -0.2) is 0 Å². The molecule has 0 radical (unpaired) electrons. The van der Waals surface area contributed by atoms with Crippen LogP contribution in [0.1, 0.15) is 35.6 Å². The number of aliphatic hydroxyl groups is 1. The van der Waals surface area contributed by atoms with Crippen molar-refractivity contribution in [2.24, 2.45) is 5.73 Å². The minimum atomic E-state index is -0.609. The second-order valence-corrected chi connectivity index (χ2v) is 5.68. The van der Waals surface area contributed by atoms with Gasteiger partial charge in [-0.05, 0) is 41.3 Å². The largest absolute Gasteiger partial charge is 0.384 e. The summed E-state index contributed by atoms with van der Waals surface area (Å²) in [7, 11) is 0. The first-order valence-electron chi connectivity index (χ1n) is 6.35. The van der Waals surface area contributed by atoms with Gasteiger partial charge in [0.2, 0.25) is 0 Å². The molecule has 0 fully saturated rings. The summed E-state index contributed by atoms with van der Waals surface area (Å²) in [6.45, 7) is 2.70. The molecule has 0 amide bonds. The Kier molecular flexibility index (Phi) is 4.75. The van der Waals surface area contributed by atoms with E-state index in [0.717, 1.165) is 21.2 Å². The molecule has 2 unspecified atom stereocenters. The van der Waals surface area contributed by atoms with Crippen LogP contribution < -0.4 is 5.73 Å². The standard InChI is InChI=1S/C16H18BrNO/c1-11(10-18)12-4-2-5-13(8-12)16(19)14-6-3-7-15(17)9-14/h2-9,11,16,19H,10,18H2,1H3. The molecular weight excluding hydrogens is 302 g/mol. The average Bonchev–Trinajstić information content (AvgIpc) is 2.45. The van der Waals surface area contributed by atoms with Gasteiger partial charge in [-0.2, -0.15) is 0 Å². The van der Waals surface area contributed by atoms with E-state index in [1.165, 1.54) is 0 Å². The van der Waals surface area contributed by atoms with E-state index in [1.54, 1.807) is 0 Å². The van der Waals surface area contributed by atoms with Gasteiger partial charge in [-0.3, -0.25) is 0 Å². The Bertz CT molecular complexity index is 556. The molecule has 0 aliphatic rings. The Balaban J connectivity index is 2.31. The van der Waals surface area contributed by atoms with E-state index in [2.05, 4.69) is 28.9 Å². The Hall–Kier alpha value is -1.16. The van der Waals surface area contributed by atoms with E-state index >= 15 is 0 Å². The van der Waals surface area contributed by atoms with Crippen molar-refractivity contribution in [3.8, 4) is 0 Å². The van der Waals surface area contributed by atoms with Gasteiger partial charge >= 0.3 is 0 Å². The predicted molar refractivity (Wildman–Crippen MR) is 82.1 cm³/mol. The molecule has 2 nitrogen and oxygen atoms in total. The predicted octanol–water partition coefficient (Wildman–Crippen LogP) is 3.59. The van der Waals surface area contributed by atoms with Crippen LogP contribution in [-0.2, 0) is 0 Å². The van der Waals surface area contributed by atoms with Gasteiger partial charge in [0.15, 0.2) is 0 Å². The normalized spacial score (nSPS) is 14.1. The molecule has 3 N–H and O–H groups in total. The first kappa shape index (κ1) is 14.3.